The summed E-state index contributed by atoms with van der Waals surface area (Å²) in [7, 11) is 0. The van der Waals surface area contributed by atoms with Gasteiger partial charge in [0, 0.05) is 32.5 Å². The first-order valence-corrected chi connectivity index (χ1v) is 9.34. The molecular formula is C22H18Cl2N2O2. The lowest BCUT2D eigenvalue weighted by Gasteiger charge is -2.11. The van der Waals surface area contributed by atoms with E-state index in [1.165, 1.54) is 0 Å². The van der Waals surface area contributed by atoms with E-state index in [0.717, 1.165) is 11.1 Å². The third-order valence-electron chi connectivity index (χ3n) is 4.26. The average Bonchev–Trinajstić information content (AvgIpc) is 2.66. The summed E-state index contributed by atoms with van der Waals surface area (Å²) in [5.41, 5.74) is 3.81. The number of nitrogens with one attached hydrogen (secondary N) is 2. The van der Waals surface area contributed by atoms with Crippen molar-refractivity contribution in [3.8, 4) is 0 Å². The van der Waals surface area contributed by atoms with Gasteiger partial charge in [-0.3, -0.25) is 9.59 Å². The van der Waals surface area contributed by atoms with Crippen molar-refractivity contribution in [2.45, 2.75) is 13.8 Å². The number of halogens is 2. The molecule has 0 fully saturated rings. The zero-order valence-electron chi connectivity index (χ0n) is 15.3. The summed E-state index contributed by atoms with van der Waals surface area (Å²) >= 11 is 11.9. The smallest absolute Gasteiger partial charge is 0.255 e. The Bertz CT molecular complexity index is 983. The highest BCUT2D eigenvalue weighted by molar-refractivity contribution is 6.31. The van der Waals surface area contributed by atoms with Crippen LogP contribution in [0.3, 0.4) is 0 Å². The third-order valence-corrected chi connectivity index (χ3v) is 4.73. The molecule has 0 saturated heterocycles. The van der Waals surface area contributed by atoms with Gasteiger partial charge in [0.25, 0.3) is 11.8 Å². The molecule has 4 nitrogen and oxygen atoms in total. The number of hydrogen-bond donors (Lipinski definition) is 2. The molecule has 0 spiro atoms. The highest BCUT2D eigenvalue weighted by atomic mass is 35.5. The van der Waals surface area contributed by atoms with E-state index in [1.54, 1.807) is 60.7 Å². The number of amides is 2. The summed E-state index contributed by atoms with van der Waals surface area (Å²) in [6, 6.07) is 17.0. The maximum absolute atomic E-state index is 12.6. The van der Waals surface area contributed by atoms with E-state index >= 15 is 0 Å². The monoisotopic (exact) mass is 412 g/mol. The number of rotatable bonds is 4. The van der Waals surface area contributed by atoms with Crippen molar-refractivity contribution in [1.82, 2.24) is 0 Å². The van der Waals surface area contributed by atoms with E-state index < -0.39 is 0 Å². The molecule has 2 N–H and O–H groups in total. The van der Waals surface area contributed by atoms with Gasteiger partial charge in [0.1, 0.15) is 0 Å². The predicted octanol–water partition coefficient (Wildman–Crippen LogP) is 6.11. The standard InChI is InChI=1S/C22H18Cl2N2O2/c1-13-10-17(23)6-8-19(13)25-21(27)15-4-3-5-16(12-15)22(28)26-20-9-7-18(24)11-14(20)2/h3-12H,1-2H3,(H,25,27)(H,26,28). The molecule has 142 valence electrons. The zero-order valence-corrected chi connectivity index (χ0v) is 16.9. The second kappa shape index (κ2) is 8.46. The molecule has 0 saturated carbocycles. The SMILES string of the molecule is Cc1cc(Cl)ccc1NC(=O)c1cccc(C(=O)Nc2ccc(Cl)cc2C)c1. The van der Waals surface area contributed by atoms with Crippen LogP contribution in [0.1, 0.15) is 31.8 Å². The van der Waals surface area contributed by atoms with E-state index in [1.807, 2.05) is 13.8 Å². The largest absolute Gasteiger partial charge is 0.322 e. The van der Waals surface area contributed by atoms with Crippen LogP contribution >= 0.6 is 23.2 Å². The van der Waals surface area contributed by atoms with Crippen LogP contribution < -0.4 is 10.6 Å². The lowest BCUT2D eigenvalue weighted by Crippen LogP contribution is -2.16. The molecule has 6 heteroatoms. The molecule has 28 heavy (non-hydrogen) atoms. The van der Waals surface area contributed by atoms with Crippen LogP contribution in [-0.2, 0) is 0 Å². The average molecular weight is 413 g/mol. The Hall–Kier alpha value is -2.82. The molecule has 0 aliphatic heterocycles. The van der Waals surface area contributed by atoms with E-state index in [-0.39, 0.29) is 11.8 Å². The summed E-state index contributed by atoms with van der Waals surface area (Å²) in [4.78, 5) is 25.2. The second-order valence-corrected chi connectivity index (χ2v) is 7.28. The first-order valence-electron chi connectivity index (χ1n) is 8.58. The fourth-order valence-electron chi connectivity index (χ4n) is 2.73. The van der Waals surface area contributed by atoms with Crippen LogP contribution in [0.2, 0.25) is 10.0 Å². The maximum Gasteiger partial charge on any atom is 0.255 e. The van der Waals surface area contributed by atoms with Gasteiger partial charge in [-0.1, -0.05) is 29.3 Å². The van der Waals surface area contributed by atoms with Crippen molar-refractivity contribution in [1.29, 1.82) is 0 Å². The molecule has 0 atom stereocenters. The Balaban J connectivity index is 1.77. The van der Waals surface area contributed by atoms with E-state index in [9.17, 15) is 9.59 Å². The highest BCUT2D eigenvalue weighted by Crippen LogP contribution is 2.22. The summed E-state index contributed by atoms with van der Waals surface area (Å²) in [6.45, 7) is 3.72. The predicted molar refractivity (Wildman–Crippen MR) is 115 cm³/mol. The second-order valence-electron chi connectivity index (χ2n) is 6.41. The van der Waals surface area contributed by atoms with E-state index in [0.29, 0.717) is 32.5 Å². The molecule has 0 aliphatic rings. The normalized spacial score (nSPS) is 10.4. The molecule has 3 rings (SSSR count). The van der Waals surface area contributed by atoms with Crippen molar-refractivity contribution in [3.63, 3.8) is 0 Å². The highest BCUT2D eigenvalue weighted by Gasteiger charge is 2.13. The van der Waals surface area contributed by atoms with E-state index in [2.05, 4.69) is 10.6 Å². The molecule has 0 aliphatic carbocycles. The van der Waals surface area contributed by atoms with E-state index in [4.69, 9.17) is 23.2 Å². The number of hydrogen-bond acceptors (Lipinski definition) is 2. The summed E-state index contributed by atoms with van der Waals surface area (Å²) in [5, 5.41) is 6.89. The molecular weight excluding hydrogens is 395 g/mol. The van der Waals surface area contributed by atoms with Crippen LogP contribution in [0.5, 0.6) is 0 Å². The number of aryl methyl sites for hydroxylation is 2. The maximum atomic E-state index is 12.6. The first-order chi connectivity index (χ1) is 13.3. The minimum absolute atomic E-state index is 0.303. The molecule has 3 aromatic carbocycles. The molecule has 0 bridgehead atoms. The van der Waals surface area contributed by atoms with Gasteiger partial charge >= 0.3 is 0 Å². The quantitative estimate of drug-likeness (QED) is 0.542. The van der Waals surface area contributed by atoms with Gasteiger partial charge in [-0.05, 0) is 79.6 Å². The van der Waals surface area contributed by atoms with Crippen LogP contribution in [0.4, 0.5) is 11.4 Å². The summed E-state index contributed by atoms with van der Waals surface area (Å²) in [6.07, 6.45) is 0. The topological polar surface area (TPSA) is 58.2 Å². The number of carbonyl (C=O) groups is 2. The Labute approximate surface area is 173 Å². The van der Waals surface area contributed by atoms with Gasteiger partial charge in [-0.15, -0.1) is 0 Å². The first kappa shape index (κ1) is 19.9. The van der Waals surface area contributed by atoms with Crippen molar-refractivity contribution in [2.75, 3.05) is 10.6 Å². The van der Waals surface area contributed by atoms with Crippen LogP contribution in [0.15, 0.2) is 60.7 Å². The lowest BCUT2D eigenvalue weighted by atomic mass is 10.1. The van der Waals surface area contributed by atoms with Crippen molar-refractivity contribution in [2.24, 2.45) is 0 Å². The number of carbonyl (C=O) groups excluding carboxylic acids is 2. The van der Waals surface area contributed by atoms with Gasteiger partial charge in [-0.25, -0.2) is 0 Å². The summed E-state index contributed by atoms with van der Waals surface area (Å²) in [5.74, 6) is -0.606. The third kappa shape index (κ3) is 4.71. The Kier molecular flexibility index (Phi) is 6.02. The van der Waals surface area contributed by atoms with Gasteiger partial charge in [0.15, 0.2) is 0 Å². The Morgan fingerprint density at radius 1 is 0.679 bits per heavy atom. The van der Waals surface area contributed by atoms with Gasteiger partial charge in [0.05, 0.1) is 0 Å². The number of benzene rings is 3. The van der Waals surface area contributed by atoms with Crippen molar-refractivity contribution in [3.05, 3.63) is 93.0 Å². The van der Waals surface area contributed by atoms with Crippen molar-refractivity contribution >= 4 is 46.4 Å². The Morgan fingerprint density at radius 2 is 1.11 bits per heavy atom. The van der Waals surface area contributed by atoms with Gasteiger partial charge < -0.3 is 10.6 Å². The molecule has 0 radical (unpaired) electrons. The molecule has 0 heterocycles. The lowest BCUT2D eigenvalue weighted by molar-refractivity contribution is 0.102. The fraction of sp³-hybridized carbons (Fsp3) is 0.0909. The van der Waals surface area contributed by atoms with Crippen LogP contribution in [-0.4, -0.2) is 11.8 Å². The fourth-order valence-corrected chi connectivity index (χ4v) is 3.18. The van der Waals surface area contributed by atoms with Crippen LogP contribution in [0.25, 0.3) is 0 Å². The minimum atomic E-state index is -0.303. The zero-order chi connectivity index (χ0) is 20.3. The van der Waals surface area contributed by atoms with Crippen molar-refractivity contribution < 1.29 is 9.59 Å². The van der Waals surface area contributed by atoms with Crippen LogP contribution in [0, 0.1) is 13.8 Å². The number of anilines is 2. The Morgan fingerprint density at radius 3 is 1.50 bits per heavy atom. The molecule has 0 aromatic heterocycles. The van der Waals surface area contributed by atoms with Gasteiger partial charge in [0.2, 0.25) is 0 Å². The molecule has 0 unspecified atom stereocenters. The molecule has 2 amide bonds. The van der Waals surface area contributed by atoms with Gasteiger partial charge in [-0.2, -0.15) is 0 Å². The minimum Gasteiger partial charge on any atom is -0.322 e. The molecule has 3 aromatic rings. The summed E-state index contributed by atoms with van der Waals surface area (Å²) < 4.78 is 0.